The second-order valence-corrected chi connectivity index (χ2v) is 12.2. The van der Waals surface area contributed by atoms with Crippen LogP contribution in [0.15, 0.2) is 48.5 Å². The lowest BCUT2D eigenvalue weighted by Gasteiger charge is -2.47. The SMILES string of the molecule is CCCCCCNC[C@@H](O)[C@H](Cc1ccccc1)NC(=O)c1cc(NCC)cc(N2CCCCS2(O)O)c1.Cl. The van der Waals surface area contributed by atoms with Gasteiger partial charge in [0.15, 0.2) is 0 Å². The first-order valence-corrected chi connectivity index (χ1v) is 15.7. The van der Waals surface area contributed by atoms with Crippen LogP contribution in [0.4, 0.5) is 11.4 Å². The minimum absolute atomic E-state index is 0. The molecule has 0 bridgehead atoms. The van der Waals surface area contributed by atoms with Gasteiger partial charge < -0.3 is 21.1 Å². The van der Waals surface area contributed by atoms with E-state index in [1.165, 1.54) is 12.8 Å². The standard InChI is InChI=1S/C29H46N4O4S.ClH/c1-3-5-6-10-15-30-22-28(34)27(18-23-13-8-7-9-14-23)32-29(35)24-19-25(31-4-2)21-26(20-24)33-16-11-12-17-38(33,36)37;/h7-9,13-14,19-21,27-28,30-31,34,36-37H,3-6,10-12,15-18,22H2,1-2H3,(H,32,35);1H/t27-,28+;/m0./s1. The summed E-state index contributed by atoms with van der Waals surface area (Å²) in [5.74, 6) is 0.0268. The fraction of sp³-hybridized carbons (Fsp3) is 0.552. The van der Waals surface area contributed by atoms with Crippen molar-refractivity contribution in [3.8, 4) is 0 Å². The fourth-order valence-corrected chi connectivity index (χ4v) is 6.45. The average Bonchev–Trinajstić information content (AvgIpc) is 2.90. The van der Waals surface area contributed by atoms with Gasteiger partial charge in [0.1, 0.15) is 0 Å². The van der Waals surface area contributed by atoms with Crippen molar-refractivity contribution >= 4 is 40.5 Å². The second kappa shape index (κ2) is 16.9. The number of anilines is 2. The number of carbonyl (C=O) groups excluding carboxylic acids is 1. The minimum Gasteiger partial charge on any atom is -0.390 e. The molecule has 8 nitrogen and oxygen atoms in total. The second-order valence-electron chi connectivity index (χ2n) is 10.0. The van der Waals surface area contributed by atoms with E-state index in [1.54, 1.807) is 16.4 Å². The van der Waals surface area contributed by atoms with Crippen molar-refractivity contribution in [2.45, 2.75) is 70.9 Å². The molecule has 2 aromatic carbocycles. The van der Waals surface area contributed by atoms with Crippen molar-refractivity contribution < 1.29 is 19.0 Å². The molecule has 220 valence electrons. The zero-order chi connectivity index (χ0) is 27.4. The van der Waals surface area contributed by atoms with Crippen LogP contribution in [0.3, 0.4) is 0 Å². The number of nitrogens with zero attached hydrogens (tertiary/aromatic N) is 1. The normalized spacial score (nSPS) is 17.0. The third-order valence-electron chi connectivity index (χ3n) is 6.87. The van der Waals surface area contributed by atoms with E-state index in [-0.39, 0.29) is 18.3 Å². The molecule has 1 aliphatic rings. The maximum Gasteiger partial charge on any atom is 0.251 e. The number of benzene rings is 2. The maximum absolute atomic E-state index is 13.5. The molecule has 0 aliphatic carbocycles. The van der Waals surface area contributed by atoms with Crippen molar-refractivity contribution in [3.63, 3.8) is 0 Å². The van der Waals surface area contributed by atoms with Crippen LogP contribution in [0.5, 0.6) is 0 Å². The zero-order valence-electron chi connectivity index (χ0n) is 23.3. The van der Waals surface area contributed by atoms with Crippen LogP contribution < -0.4 is 20.3 Å². The summed E-state index contributed by atoms with van der Waals surface area (Å²) >= 11 is 0. The van der Waals surface area contributed by atoms with E-state index in [1.807, 2.05) is 43.3 Å². The smallest absolute Gasteiger partial charge is 0.251 e. The van der Waals surface area contributed by atoms with E-state index >= 15 is 0 Å². The van der Waals surface area contributed by atoms with Gasteiger partial charge in [0.25, 0.3) is 5.91 Å². The van der Waals surface area contributed by atoms with Gasteiger partial charge in [0, 0.05) is 30.9 Å². The van der Waals surface area contributed by atoms with Crippen molar-refractivity contribution in [1.29, 1.82) is 0 Å². The minimum atomic E-state index is -2.92. The zero-order valence-corrected chi connectivity index (χ0v) is 24.9. The number of unbranched alkanes of at least 4 members (excludes halogenated alkanes) is 3. The molecule has 0 saturated carbocycles. The first-order valence-electron chi connectivity index (χ1n) is 14.0. The quantitative estimate of drug-likeness (QED) is 0.150. The van der Waals surface area contributed by atoms with E-state index in [0.29, 0.717) is 43.1 Å². The third kappa shape index (κ3) is 10.5. The maximum atomic E-state index is 13.5. The van der Waals surface area contributed by atoms with Gasteiger partial charge in [0.05, 0.1) is 23.6 Å². The Balaban J connectivity index is 0.00000533. The molecule has 1 heterocycles. The summed E-state index contributed by atoms with van der Waals surface area (Å²) in [6, 6.07) is 14.7. The Morgan fingerprint density at radius 2 is 1.82 bits per heavy atom. The summed E-state index contributed by atoms with van der Waals surface area (Å²) in [5, 5.41) is 20.7. The van der Waals surface area contributed by atoms with E-state index in [9.17, 15) is 19.0 Å². The summed E-state index contributed by atoms with van der Waals surface area (Å²) in [4.78, 5) is 13.5. The van der Waals surface area contributed by atoms with Gasteiger partial charge in [0.2, 0.25) is 0 Å². The predicted octanol–water partition coefficient (Wildman–Crippen LogP) is 5.68. The van der Waals surface area contributed by atoms with Gasteiger partial charge in [-0.1, -0.05) is 56.5 Å². The van der Waals surface area contributed by atoms with Crippen molar-refractivity contribution in [2.75, 3.05) is 41.6 Å². The molecule has 1 amide bonds. The Hall–Kier alpha value is -2.01. The number of rotatable bonds is 15. The molecule has 2 aromatic rings. The summed E-state index contributed by atoms with van der Waals surface area (Å²) < 4.78 is 23.0. The summed E-state index contributed by atoms with van der Waals surface area (Å²) in [6.45, 7) is 6.57. The lowest BCUT2D eigenvalue weighted by molar-refractivity contribution is 0.0830. The van der Waals surface area contributed by atoms with Crippen molar-refractivity contribution in [1.82, 2.24) is 10.6 Å². The van der Waals surface area contributed by atoms with Crippen molar-refractivity contribution in [3.05, 3.63) is 59.7 Å². The number of hydrogen-bond acceptors (Lipinski definition) is 7. The number of aliphatic hydroxyl groups is 1. The molecule has 0 radical (unpaired) electrons. The van der Waals surface area contributed by atoms with Crippen LogP contribution >= 0.6 is 23.2 Å². The topological polar surface area (TPSA) is 117 Å². The molecule has 0 unspecified atom stereocenters. The van der Waals surface area contributed by atoms with Crippen LogP contribution in [-0.2, 0) is 6.42 Å². The molecule has 10 heteroatoms. The number of amides is 1. The molecule has 39 heavy (non-hydrogen) atoms. The highest BCUT2D eigenvalue weighted by Gasteiger charge is 2.28. The predicted molar refractivity (Wildman–Crippen MR) is 167 cm³/mol. The molecular weight excluding hydrogens is 536 g/mol. The molecule has 0 spiro atoms. The first kappa shape index (κ1) is 33.2. The highest BCUT2D eigenvalue weighted by molar-refractivity contribution is 8.25. The van der Waals surface area contributed by atoms with E-state index in [4.69, 9.17) is 0 Å². The van der Waals surface area contributed by atoms with Gasteiger partial charge in [-0.05, 0) is 62.9 Å². The molecule has 3 rings (SSSR count). The number of hydrogen-bond donors (Lipinski definition) is 6. The highest BCUT2D eigenvalue weighted by atomic mass is 35.5. The van der Waals surface area contributed by atoms with Gasteiger partial charge in [-0.15, -0.1) is 23.2 Å². The number of halogens is 1. The Morgan fingerprint density at radius 3 is 2.51 bits per heavy atom. The van der Waals surface area contributed by atoms with Crippen LogP contribution in [0.25, 0.3) is 0 Å². The van der Waals surface area contributed by atoms with E-state index in [0.717, 1.165) is 43.5 Å². The Kier molecular flexibility index (Phi) is 14.4. The van der Waals surface area contributed by atoms with Crippen molar-refractivity contribution in [2.24, 2.45) is 0 Å². The molecule has 0 aromatic heterocycles. The highest BCUT2D eigenvalue weighted by Crippen LogP contribution is 2.50. The van der Waals surface area contributed by atoms with Crippen LogP contribution in [-0.4, -0.2) is 64.2 Å². The van der Waals surface area contributed by atoms with Gasteiger partial charge >= 0.3 is 0 Å². The number of carbonyl (C=O) groups is 1. The Morgan fingerprint density at radius 1 is 1.05 bits per heavy atom. The Labute approximate surface area is 241 Å². The molecule has 6 N–H and O–H groups in total. The fourth-order valence-electron chi connectivity index (χ4n) is 4.77. The number of aliphatic hydroxyl groups excluding tert-OH is 1. The van der Waals surface area contributed by atoms with Gasteiger partial charge in [-0.25, -0.2) is 0 Å². The first-order chi connectivity index (χ1) is 18.3. The summed E-state index contributed by atoms with van der Waals surface area (Å²) in [6.07, 6.45) is 5.97. The largest absolute Gasteiger partial charge is 0.390 e. The summed E-state index contributed by atoms with van der Waals surface area (Å²) in [5.41, 5.74) is 2.80. The Bertz CT molecular complexity index is 999. The molecule has 1 fully saturated rings. The molecule has 1 saturated heterocycles. The average molecular weight is 583 g/mol. The van der Waals surface area contributed by atoms with Crippen LogP contribution in [0.2, 0.25) is 0 Å². The van der Waals surface area contributed by atoms with Gasteiger partial charge in [-0.3, -0.25) is 18.2 Å². The van der Waals surface area contributed by atoms with Crippen LogP contribution in [0.1, 0.15) is 68.3 Å². The summed E-state index contributed by atoms with van der Waals surface area (Å²) in [7, 11) is -2.92. The molecule has 1 aliphatic heterocycles. The van der Waals surface area contributed by atoms with Crippen LogP contribution in [0, 0.1) is 0 Å². The van der Waals surface area contributed by atoms with E-state index < -0.39 is 22.9 Å². The number of nitrogens with one attached hydrogen (secondary N) is 3. The molecule has 2 atom stereocenters. The lowest BCUT2D eigenvalue weighted by atomic mass is 10.00. The third-order valence-corrected chi connectivity index (χ3v) is 8.81. The molecular formula is C29H47ClN4O4S. The van der Waals surface area contributed by atoms with E-state index in [2.05, 4.69) is 22.9 Å². The lowest BCUT2D eigenvalue weighted by Crippen LogP contribution is -2.49. The monoisotopic (exact) mass is 582 g/mol. The van der Waals surface area contributed by atoms with Gasteiger partial charge in [-0.2, -0.15) is 0 Å².